The largest absolute Gasteiger partial charge is 0.494 e. The van der Waals surface area contributed by atoms with Gasteiger partial charge in [-0.1, -0.05) is 112 Å². The zero-order chi connectivity index (χ0) is 34.1. The van der Waals surface area contributed by atoms with E-state index in [4.69, 9.17) is 31.2 Å². The zero-order valence-electron chi connectivity index (χ0n) is 26.8. The normalized spacial score (nSPS) is 16.9. The quantitative estimate of drug-likeness (QED) is 0.0797. The van der Waals surface area contributed by atoms with Crippen molar-refractivity contribution in [3.63, 3.8) is 0 Å². The molecule has 9 heteroatoms. The number of aliphatic hydroxyl groups is 1. The molecule has 1 aliphatic rings. The maximum absolute atomic E-state index is 14.5. The number of aliphatic hydroxyl groups excluding tert-OH is 1. The van der Waals surface area contributed by atoms with Gasteiger partial charge in [-0.05, 0) is 76.7 Å². The number of carbonyl (C=O) groups is 1. The number of halogens is 2. The van der Waals surface area contributed by atoms with E-state index >= 15 is 0 Å². The van der Waals surface area contributed by atoms with E-state index < -0.39 is 11.6 Å². The minimum Gasteiger partial charge on any atom is -0.494 e. The van der Waals surface area contributed by atoms with Gasteiger partial charge in [0.1, 0.15) is 5.75 Å². The highest BCUT2D eigenvalue weighted by Gasteiger charge is 2.53. The molecule has 0 bridgehead atoms. The first-order valence-corrected chi connectivity index (χ1v) is 17.4. The molecule has 0 aliphatic carbocycles. The first-order valence-electron chi connectivity index (χ1n) is 16.2. The average molecular weight is 739 g/mol. The van der Waals surface area contributed by atoms with Crippen molar-refractivity contribution < 1.29 is 19.4 Å². The average Bonchev–Trinajstić information content (AvgIpc) is 3.53. The van der Waals surface area contributed by atoms with E-state index in [1.807, 2.05) is 103 Å². The predicted molar refractivity (Wildman–Crippen MR) is 198 cm³/mol. The Balaban J connectivity index is 1.35. The molecule has 1 heterocycles. The van der Waals surface area contributed by atoms with Crippen LogP contribution in [-0.2, 0) is 22.4 Å². The lowest BCUT2D eigenvalue weighted by atomic mass is 9.82. The summed E-state index contributed by atoms with van der Waals surface area (Å²) in [4.78, 5) is 19.7. The first-order chi connectivity index (χ1) is 23.9. The zero-order valence-corrected chi connectivity index (χ0v) is 29.2. The Morgan fingerprint density at radius 3 is 2.24 bits per heavy atom. The van der Waals surface area contributed by atoms with Crippen LogP contribution in [0.15, 0.2) is 137 Å². The highest BCUT2D eigenvalue weighted by molar-refractivity contribution is 9.10. The Morgan fingerprint density at radius 1 is 0.857 bits per heavy atom. The van der Waals surface area contributed by atoms with Crippen molar-refractivity contribution in [2.24, 2.45) is 4.99 Å². The molecule has 250 valence electrons. The summed E-state index contributed by atoms with van der Waals surface area (Å²) in [6.07, 6.45) is 0.723. The van der Waals surface area contributed by atoms with E-state index in [-0.39, 0.29) is 18.9 Å². The van der Waals surface area contributed by atoms with Crippen molar-refractivity contribution in [2.45, 2.75) is 30.9 Å². The van der Waals surface area contributed by atoms with Crippen LogP contribution in [0, 0.1) is 0 Å². The van der Waals surface area contributed by atoms with Crippen LogP contribution in [0.4, 0.5) is 0 Å². The van der Waals surface area contributed by atoms with Gasteiger partial charge in [0.2, 0.25) is 5.90 Å². The first kappa shape index (κ1) is 34.4. The van der Waals surface area contributed by atoms with Gasteiger partial charge in [-0.25, -0.2) is 10.4 Å². The topological polar surface area (TPSA) is 92.2 Å². The van der Waals surface area contributed by atoms with Crippen molar-refractivity contribution in [1.82, 2.24) is 10.9 Å². The molecule has 49 heavy (non-hydrogen) atoms. The highest BCUT2D eigenvalue weighted by atomic mass is 79.9. The van der Waals surface area contributed by atoms with E-state index in [0.29, 0.717) is 42.7 Å². The fourth-order valence-electron chi connectivity index (χ4n) is 5.83. The van der Waals surface area contributed by atoms with E-state index in [9.17, 15) is 4.79 Å². The second-order valence-corrected chi connectivity index (χ2v) is 13.1. The summed E-state index contributed by atoms with van der Waals surface area (Å²) < 4.78 is 13.4. The Morgan fingerprint density at radius 2 is 1.53 bits per heavy atom. The molecule has 7 nitrogen and oxygen atoms in total. The second kappa shape index (κ2) is 16.3. The van der Waals surface area contributed by atoms with E-state index in [2.05, 4.69) is 51.0 Å². The maximum Gasteiger partial charge on any atom is 0.266 e. The van der Waals surface area contributed by atoms with E-state index in [1.165, 1.54) is 0 Å². The smallest absolute Gasteiger partial charge is 0.266 e. The number of ether oxygens (including phenoxy) is 2. The van der Waals surface area contributed by atoms with Crippen LogP contribution in [0.2, 0.25) is 5.02 Å². The lowest BCUT2D eigenvalue weighted by Gasteiger charge is -2.31. The van der Waals surface area contributed by atoms with Crippen LogP contribution in [0.25, 0.3) is 11.1 Å². The van der Waals surface area contributed by atoms with Gasteiger partial charge in [-0.15, -0.1) is 0 Å². The third-order valence-electron chi connectivity index (χ3n) is 8.42. The molecule has 0 saturated carbocycles. The summed E-state index contributed by atoms with van der Waals surface area (Å²) in [5.74, 6) is 0.721. The van der Waals surface area contributed by atoms with Crippen molar-refractivity contribution >= 4 is 39.3 Å². The molecule has 3 N–H and O–H groups in total. The van der Waals surface area contributed by atoms with Gasteiger partial charge in [0.05, 0.1) is 6.61 Å². The van der Waals surface area contributed by atoms with Gasteiger partial charge in [-0.2, -0.15) is 0 Å². The standard InChI is InChI=1S/C40H37BrClN3O4/c41-34-19-11-28(12-20-34)27-40(39(47)45-43-24-23-31-9-4-5-10-36(31)42)37(32-15-13-30(14-16-32)29-7-2-1-3-8-29)49-38(44-40)33-17-21-35(22-18-33)48-26-6-25-46/h1-5,7-22,37,43,46H,6,23-27H2,(H,45,47)/t37-,40-/m0/s1. The summed E-state index contributed by atoms with van der Waals surface area (Å²) in [6.45, 7) is 0.942. The van der Waals surface area contributed by atoms with E-state index in [0.717, 1.165) is 37.9 Å². The van der Waals surface area contributed by atoms with Crippen LogP contribution in [0.1, 0.15) is 34.8 Å². The monoisotopic (exact) mass is 737 g/mol. The molecule has 5 aromatic rings. The molecule has 0 spiro atoms. The fourth-order valence-corrected chi connectivity index (χ4v) is 6.32. The molecule has 0 aromatic heterocycles. The predicted octanol–water partition coefficient (Wildman–Crippen LogP) is 7.89. The number of carbonyl (C=O) groups excluding carboxylic acids is 1. The molecule has 5 aromatic carbocycles. The third-order valence-corrected chi connectivity index (χ3v) is 9.31. The molecule has 1 aliphatic heterocycles. The van der Waals surface area contributed by atoms with Crippen LogP contribution < -0.4 is 15.6 Å². The van der Waals surface area contributed by atoms with Crippen molar-refractivity contribution in [1.29, 1.82) is 0 Å². The molecular weight excluding hydrogens is 702 g/mol. The summed E-state index contributed by atoms with van der Waals surface area (Å²) in [5, 5.41) is 9.80. The lowest BCUT2D eigenvalue weighted by Crippen LogP contribution is -2.54. The van der Waals surface area contributed by atoms with Crippen molar-refractivity contribution in [2.75, 3.05) is 19.8 Å². The molecule has 2 atom stereocenters. The second-order valence-electron chi connectivity index (χ2n) is 11.8. The number of nitrogens with one attached hydrogen (secondary N) is 2. The third kappa shape index (κ3) is 8.40. The van der Waals surface area contributed by atoms with Gasteiger partial charge >= 0.3 is 0 Å². The van der Waals surface area contributed by atoms with Crippen molar-refractivity contribution in [3.8, 4) is 16.9 Å². The summed E-state index contributed by atoms with van der Waals surface area (Å²) in [5.41, 5.74) is 10.4. The Bertz CT molecular complexity index is 1870. The molecule has 1 amide bonds. The molecule has 0 radical (unpaired) electrons. The van der Waals surface area contributed by atoms with Crippen LogP contribution >= 0.6 is 27.5 Å². The molecule has 0 saturated heterocycles. The summed E-state index contributed by atoms with van der Waals surface area (Å²) in [6, 6.07) is 41.3. The van der Waals surface area contributed by atoms with Gasteiger partial charge in [0.25, 0.3) is 5.91 Å². The van der Waals surface area contributed by atoms with E-state index in [1.54, 1.807) is 0 Å². The minimum atomic E-state index is -1.36. The maximum atomic E-state index is 14.5. The van der Waals surface area contributed by atoms with Gasteiger partial charge < -0.3 is 14.6 Å². The molecule has 0 unspecified atom stereocenters. The molecular formula is C40H37BrClN3O4. The van der Waals surface area contributed by atoms with Gasteiger partial charge in [0.15, 0.2) is 11.6 Å². The number of rotatable bonds is 14. The Kier molecular flexibility index (Phi) is 11.4. The Hall–Kier alpha value is -4.47. The van der Waals surface area contributed by atoms with Crippen molar-refractivity contribution in [3.05, 3.63) is 159 Å². The number of hydrogen-bond acceptors (Lipinski definition) is 6. The summed E-state index contributed by atoms with van der Waals surface area (Å²) >= 11 is 9.91. The molecule has 0 fully saturated rings. The minimum absolute atomic E-state index is 0.0633. The number of nitrogens with zero attached hydrogens (tertiary/aromatic N) is 1. The van der Waals surface area contributed by atoms with Gasteiger partial charge in [-0.3, -0.25) is 10.2 Å². The fraction of sp³-hybridized carbons (Fsp3) is 0.200. The number of amides is 1. The van der Waals surface area contributed by atoms with Gasteiger partial charge in [0, 0.05) is 41.1 Å². The van der Waals surface area contributed by atoms with Crippen LogP contribution in [0.3, 0.4) is 0 Å². The number of hydrazine groups is 1. The lowest BCUT2D eigenvalue weighted by molar-refractivity contribution is -0.130. The highest BCUT2D eigenvalue weighted by Crippen LogP contribution is 2.43. The Labute approximate surface area is 300 Å². The molecule has 6 rings (SSSR count). The summed E-state index contributed by atoms with van der Waals surface area (Å²) in [7, 11) is 0. The number of benzene rings is 5. The number of aliphatic imine (C=N–C) groups is 1. The number of hydrogen-bond donors (Lipinski definition) is 3. The van der Waals surface area contributed by atoms with Crippen LogP contribution in [-0.4, -0.2) is 42.2 Å². The SMILES string of the molecule is O=C(NNCCc1ccccc1Cl)[C@@]1(Cc2ccc(Br)cc2)N=C(c2ccc(OCCCO)cc2)O[C@H]1c1ccc(-c2ccccc2)cc1. The van der Waals surface area contributed by atoms with Crippen LogP contribution in [0.5, 0.6) is 5.75 Å².